The van der Waals surface area contributed by atoms with E-state index in [-0.39, 0.29) is 54.7 Å². The normalized spacial score (nSPS) is 26.0. The Bertz CT molecular complexity index is 987. The van der Waals surface area contributed by atoms with Gasteiger partial charge in [0.05, 0.1) is 25.2 Å². The Morgan fingerprint density at radius 2 is 1.77 bits per heavy atom. The number of aliphatic hydroxyl groups excluding tert-OH is 1. The molecule has 0 unspecified atom stereocenters. The van der Waals surface area contributed by atoms with E-state index in [1.54, 1.807) is 21.9 Å². The molecule has 1 N–H and O–H groups in total. The van der Waals surface area contributed by atoms with Crippen molar-refractivity contribution in [2.45, 2.75) is 43.7 Å². The number of hydrogen-bond acceptors (Lipinski definition) is 3. The molecule has 2 saturated heterocycles. The van der Waals surface area contributed by atoms with Gasteiger partial charge in [0.1, 0.15) is 5.82 Å². The first-order valence-corrected chi connectivity index (χ1v) is 11.1. The zero-order chi connectivity index (χ0) is 21.5. The molecule has 2 heterocycles. The van der Waals surface area contributed by atoms with E-state index in [0.717, 1.165) is 36.8 Å². The second-order valence-corrected chi connectivity index (χ2v) is 8.95. The summed E-state index contributed by atoms with van der Waals surface area (Å²) >= 11 is 0. The summed E-state index contributed by atoms with van der Waals surface area (Å²) in [7, 11) is 0. The summed E-state index contributed by atoms with van der Waals surface area (Å²) in [5.41, 5.74) is 2.34. The Morgan fingerprint density at radius 3 is 2.45 bits per heavy atom. The first-order valence-electron chi connectivity index (χ1n) is 11.1. The fourth-order valence-corrected chi connectivity index (χ4v) is 5.68. The van der Waals surface area contributed by atoms with E-state index < -0.39 is 0 Å². The molecule has 162 valence electrons. The number of rotatable bonds is 4. The maximum atomic E-state index is 14.1. The van der Waals surface area contributed by atoms with E-state index in [9.17, 15) is 19.1 Å². The van der Waals surface area contributed by atoms with Crippen molar-refractivity contribution < 1.29 is 19.1 Å². The van der Waals surface area contributed by atoms with E-state index in [1.807, 2.05) is 30.3 Å². The zero-order valence-corrected chi connectivity index (χ0v) is 17.4. The molecule has 3 fully saturated rings. The standard InChI is InChI=1S/C25H27FN2O3/c26-20-8-4-3-7-19(20)16-9-11-17(12-10-16)24-21-13-27(25(31)18-5-1-2-6-18)14-23(30)28(21)22(24)15-29/h3-4,7-12,18,21-22,24,29H,1-2,5-6,13-15H2/t21-,22-,24+/m1/s1. The SMILES string of the molecule is O=C(C1CCCC1)N1CC(=O)N2[C@H](CO)[C@@H](c3ccc(-c4ccccc4F)cc3)[C@H]2C1. The lowest BCUT2D eigenvalue weighted by atomic mass is 9.73. The number of carbonyl (C=O) groups is 2. The number of carbonyl (C=O) groups excluding carboxylic acids is 2. The number of piperazine rings is 1. The summed E-state index contributed by atoms with van der Waals surface area (Å²) in [6.45, 7) is 0.511. The maximum Gasteiger partial charge on any atom is 0.242 e. The molecule has 3 atom stereocenters. The largest absolute Gasteiger partial charge is 0.394 e. The molecule has 2 aromatic carbocycles. The van der Waals surface area contributed by atoms with Crippen LogP contribution in [0.3, 0.4) is 0 Å². The van der Waals surface area contributed by atoms with Crippen molar-refractivity contribution in [2.24, 2.45) is 5.92 Å². The minimum Gasteiger partial charge on any atom is -0.394 e. The number of halogens is 1. The molecule has 0 aromatic heterocycles. The van der Waals surface area contributed by atoms with Gasteiger partial charge in [0.25, 0.3) is 0 Å². The van der Waals surface area contributed by atoms with Crippen LogP contribution in [0.5, 0.6) is 0 Å². The Hall–Kier alpha value is -2.73. The predicted octanol–water partition coefficient (Wildman–Crippen LogP) is 3.18. The van der Waals surface area contributed by atoms with Gasteiger partial charge in [-0.1, -0.05) is 55.3 Å². The molecule has 2 aromatic rings. The summed E-state index contributed by atoms with van der Waals surface area (Å²) in [5, 5.41) is 9.97. The lowest BCUT2D eigenvalue weighted by Crippen LogP contribution is -2.73. The monoisotopic (exact) mass is 422 g/mol. The van der Waals surface area contributed by atoms with Crippen LogP contribution in [0.2, 0.25) is 0 Å². The number of amides is 2. The first kappa shape index (κ1) is 20.2. The fourth-order valence-electron chi connectivity index (χ4n) is 5.68. The zero-order valence-electron chi connectivity index (χ0n) is 17.4. The second-order valence-electron chi connectivity index (χ2n) is 8.95. The molecule has 5 rings (SSSR count). The van der Waals surface area contributed by atoms with E-state index in [0.29, 0.717) is 12.1 Å². The quantitative estimate of drug-likeness (QED) is 0.823. The Labute approximate surface area is 181 Å². The minimum atomic E-state index is -0.277. The van der Waals surface area contributed by atoms with Crippen LogP contribution < -0.4 is 0 Å². The van der Waals surface area contributed by atoms with Crippen molar-refractivity contribution in [3.8, 4) is 11.1 Å². The maximum absolute atomic E-state index is 14.1. The molecule has 3 aliphatic rings. The third-order valence-electron chi connectivity index (χ3n) is 7.25. The van der Waals surface area contributed by atoms with Crippen LogP contribution in [0.15, 0.2) is 48.5 Å². The van der Waals surface area contributed by atoms with Gasteiger partial charge < -0.3 is 14.9 Å². The molecule has 6 heteroatoms. The summed E-state index contributed by atoms with van der Waals surface area (Å²) in [4.78, 5) is 29.2. The molecule has 2 amide bonds. The Balaban J connectivity index is 1.38. The van der Waals surface area contributed by atoms with E-state index in [4.69, 9.17) is 0 Å². The van der Waals surface area contributed by atoms with Crippen LogP contribution >= 0.6 is 0 Å². The molecule has 1 aliphatic carbocycles. The van der Waals surface area contributed by atoms with Gasteiger partial charge in [-0.05, 0) is 30.0 Å². The molecule has 0 radical (unpaired) electrons. The topological polar surface area (TPSA) is 60.9 Å². The third kappa shape index (κ3) is 3.43. The molecule has 0 bridgehead atoms. The molecular formula is C25H27FN2O3. The van der Waals surface area contributed by atoms with Crippen molar-refractivity contribution in [2.75, 3.05) is 19.7 Å². The van der Waals surface area contributed by atoms with Gasteiger partial charge >= 0.3 is 0 Å². The summed E-state index contributed by atoms with van der Waals surface area (Å²) < 4.78 is 14.1. The Kier molecular flexibility index (Phi) is 5.26. The highest BCUT2D eigenvalue weighted by Gasteiger charge is 2.54. The highest BCUT2D eigenvalue weighted by Crippen LogP contribution is 2.43. The van der Waals surface area contributed by atoms with Gasteiger partial charge in [-0.3, -0.25) is 9.59 Å². The van der Waals surface area contributed by atoms with Crippen molar-refractivity contribution in [1.82, 2.24) is 9.80 Å². The van der Waals surface area contributed by atoms with E-state index in [2.05, 4.69) is 0 Å². The van der Waals surface area contributed by atoms with Gasteiger partial charge in [0, 0.05) is 23.9 Å². The van der Waals surface area contributed by atoms with Crippen LogP contribution in [0, 0.1) is 11.7 Å². The van der Waals surface area contributed by atoms with Gasteiger partial charge in [-0.2, -0.15) is 0 Å². The molecule has 0 spiro atoms. The van der Waals surface area contributed by atoms with Crippen molar-refractivity contribution >= 4 is 11.8 Å². The summed E-state index contributed by atoms with van der Waals surface area (Å²) in [6, 6.07) is 13.9. The van der Waals surface area contributed by atoms with Crippen LogP contribution in [0.25, 0.3) is 11.1 Å². The highest BCUT2D eigenvalue weighted by molar-refractivity contribution is 5.88. The van der Waals surface area contributed by atoms with Gasteiger partial charge in [-0.15, -0.1) is 0 Å². The number of aliphatic hydroxyl groups is 1. The number of nitrogens with zero attached hydrogens (tertiary/aromatic N) is 2. The summed E-state index contributed by atoms with van der Waals surface area (Å²) in [6.07, 6.45) is 3.99. The predicted molar refractivity (Wildman–Crippen MR) is 115 cm³/mol. The van der Waals surface area contributed by atoms with Gasteiger partial charge in [0.15, 0.2) is 0 Å². The summed E-state index contributed by atoms with van der Waals surface area (Å²) in [5.74, 6) is -0.237. The number of fused-ring (bicyclic) bond motifs is 1. The number of hydrogen-bond donors (Lipinski definition) is 1. The van der Waals surface area contributed by atoms with Crippen molar-refractivity contribution in [1.29, 1.82) is 0 Å². The van der Waals surface area contributed by atoms with E-state index >= 15 is 0 Å². The van der Waals surface area contributed by atoms with Crippen LogP contribution in [-0.2, 0) is 9.59 Å². The molecule has 1 saturated carbocycles. The molecular weight excluding hydrogens is 395 g/mol. The van der Waals surface area contributed by atoms with Crippen LogP contribution in [-0.4, -0.2) is 58.5 Å². The van der Waals surface area contributed by atoms with E-state index in [1.165, 1.54) is 6.07 Å². The Morgan fingerprint density at radius 1 is 1.06 bits per heavy atom. The van der Waals surface area contributed by atoms with Crippen molar-refractivity contribution in [3.05, 3.63) is 59.9 Å². The molecule has 31 heavy (non-hydrogen) atoms. The average molecular weight is 423 g/mol. The smallest absolute Gasteiger partial charge is 0.242 e. The van der Waals surface area contributed by atoms with Crippen LogP contribution in [0.4, 0.5) is 4.39 Å². The number of benzene rings is 2. The first-order chi connectivity index (χ1) is 15.1. The van der Waals surface area contributed by atoms with Crippen LogP contribution in [0.1, 0.15) is 37.2 Å². The second kappa shape index (κ2) is 8.08. The average Bonchev–Trinajstić information content (AvgIpc) is 3.30. The fraction of sp³-hybridized carbons (Fsp3) is 0.440. The molecule has 2 aliphatic heterocycles. The van der Waals surface area contributed by atoms with Crippen molar-refractivity contribution in [3.63, 3.8) is 0 Å². The third-order valence-corrected chi connectivity index (χ3v) is 7.25. The highest BCUT2D eigenvalue weighted by atomic mass is 19.1. The minimum absolute atomic E-state index is 0.0391. The lowest BCUT2D eigenvalue weighted by molar-refractivity contribution is -0.168. The van der Waals surface area contributed by atoms with Gasteiger partial charge in [0.2, 0.25) is 11.8 Å². The van der Waals surface area contributed by atoms with Gasteiger partial charge in [-0.25, -0.2) is 4.39 Å². The molecule has 5 nitrogen and oxygen atoms in total. The lowest BCUT2D eigenvalue weighted by Gasteiger charge is -2.59.